The zero-order valence-corrected chi connectivity index (χ0v) is 12.3. The molecule has 0 saturated carbocycles. The van der Waals surface area contributed by atoms with Gasteiger partial charge in [0, 0.05) is 17.5 Å². The van der Waals surface area contributed by atoms with Gasteiger partial charge in [-0.2, -0.15) is 0 Å². The Balaban J connectivity index is 1.95. The van der Waals surface area contributed by atoms with Crippen LogP contribution in [0.4, 0.5) is 0 Å². The smallest absolute Gasteiger partial charge is 0.119 e. The van der Waals surface area contributed by atoms with Crippen molar-refractivity contribution in [3.63, 3.8) is 0 Å². The molecular weight excluding hydrogens is 256 g/mol. The van der Waals surface area contributed by atoms with Crippen molar-refractivity contribution in [3.8, 4) is 5.75 Å². The first-order chi connectivity index (χ1) is 9.31. The molecule has 0 unspecified atom stereocenters. The van der Waals surface area contributed by atoms with Crippen LogP contribution in [-0.2, 0) is 12.8 Å². The molecule has 4 heteroatoms. The fraction of sp³-hybridized carbons (Fsp3) is 0.400. The third kappa shape index (κ3) is 4.33. The van der Waals surface area contributed by atoms with Crippen molar-refractivity contribution in [1.29, 1.82) is 0 Å². The first-order valence-electron chi connectivity index (χ1n) is 6.53. The molecule has 0 spiro atoms. The Bertz CT molecular complexity index is 510. The van der Waals surface area contributed by atoms with Gasteiger partial charge in [0.25, 0.3) is 0 Å². The van der Waals surface area contributed by atoms with E-state index in [0.717, 1.165) is 31.6 Å². The molecule has 0 aliphatic rings. The number of benzene rings is 1. The second kappa shape index (κ2) is 7.26. The van der Waals surface area contributed by atoms with Crippen molar-refractivity contribution < 1.29 is 4.74 Å². The van der Waals surface area contributed by atoms with Gasteiger partial charge in [-0.05, 0) is 44.1 Å². The first kappa shape index (κ1) is 14.0. The molecule has 0 bridgehead atoms. The summed E-state index contributed by atoms with van der Waals surface area (Å²) in [5.41, 5.74) is 1.25. The largest absolute Gasteiger partial charge is 0.497 e. The van der Waals surface area contributed by atoms with Gasteiger partial charge in [-0.15, -0.1) is 11.3 Å². The fourth-order valence-corrected chi connectivity index (χ4v) is 2.94. The van der Waals surface area contributed by atoms with Crippen molar-refractivity contribution in [2.24, 2.45) is 0 Å². The molecular formula is C15H20N2OS. The van der Waals surface area contributed by atoms with Crippen LogP contribution in [0.15, 0.2) is 30.5 Å². The van der Waals surface area contributed by atoms with E-state index in [1.807, 2.05) is 36.7 Å². The number of aromatic nitrogens is 1. The Morgan fingerprint density at radius 1 is 1.37 bits per heavy atom. The van der Waals surface area contributed by atoms with Gasteiger partial charge in [-0.25, -0.2) is 4.98 Å². The number of ether oxygens (including phenoxy) is 1. The van der Waals surface area contributed by atoms with Crippen molar-refractivity contribution in [1.82, 2.24) is 10.3 Å². The van der Waals surface area contributed by atoms with Gasteiger partial charge in [0.05, 0.1) is 12.1 Å². The highest BCUT2D eigenvalue weighted by molar-refractivity contribution is 7.11. The van der Waals surface area contributed by atoms with Gasteiger partial charge in [-0.1, -0.05) is 12.1 Å². The minimum absolute atomic E-state index is 0.883. The van der Waals surface area contributed by atoms with E-state index in [1.54, 1.807) is 7.11 Å². The van der Waals surface area contributed by atoms with Crippen LogP contribution in [0, 0.1) is 0 Å². The number of hydrogen-bond acceptors (Lipinski definition) is 4. The van der Waals surface area contributed by atoms with Crippen molar-refractivity contribution in [3.05, 3.63) is 45.9 Å². The molecule has 3 nitrogen and oxygen atoms in total. The number of nitrogens with zero attached hydrogens (tertiary/aromatic N) is 1. The third-order valence-electron chi connectivity index (χ3n) is 2.94. The molecule has 102 valence electrons. The second-order valence-electron chi connectivity index (χ2n) is 4.46. The van der Waals surface area contributed by atoms with Crippen LogP contribution in [0.2, 0.25) is 0 Å². The van der Waals surface area contributed by atoms with Crippen LogP contribution in [0.25, 0.3) is 0 Å². The summed E-state index contributed by atoms with van der Waals surface area (Å²) in [5.74, 6) is 0.906. The zero-order chi connectivity index (χ0) is 13.5. The predicted molar refractivity (Wildman–Crippen MR) is 80.2 cm³/mol. The molecule has 0 aliphatic carbocycles. The van der Waals surface area contributed by atoms with Crippen molar-refractivity contribution >= 4 is 11.3 Å². The van der Waals surface area contributed by atoms with E-state index >= 15 is 0 Å². The highest BCUT2D eigenvalue weighted by atomic mass is 32.1. The molecule has 0 fully saturated rings. The normalized spacial score (nSPS) is 10.6. The number of rotatable bonds is 7. The minimum Gasteiger partial charge on any atom is -0.497 e. The lowest BCUT2D eigenvalue weighted by molar-refractivity contribution is 0.414. The van der Waals surface area contributed by atoms with Crippen LogP contribution >= 0.6 is 11.3 Å². The Hall–Kier alpha value is -1.39. The molecule has 0 amide bonds. The van der Waals surface area contributed by atoms with Crippen LogP contribution in [0.5, 0.6) is 5.75 Å². The standard InChI is InChI=1S/C15H20N2OS/c1-16-8-4-7-14-11-17-15(19-14)10-12-5-3-6-13(9-12)18-2/h3,5-6,9,11,16H,4,7-8,10H2,1-2H3. The van der Waals surface area contributed by atoms with E-state index in [-0.39, 0.29) is 0 Å². The Labute approximate surface area is 118 Å². The van der Waals surface area contributed by atoms with Crippen LogP contribution in [-0.4, -0.2) is 25.7 Å². The summed E-state index contributed by atoms with van der Waals surface area (Å²) in [6, 6.07) is 8.18. The third-order valence-corrected chi connectivity index (χ3v) is 4.00. The number of nitrogens with one attached hydrogen (secondary N) is 1. The predicted octanol–water partition coefficient (Wildman–Crippen LogP) is 2.89. The maximum Gasteiger partial charge on any atom is 0.119 e. The molecule has 1 aromatic carbocycles. The van der Waals surface area contributed by atoms with Crippen molar-refractivity contribution in [2.75, 3.05) is 20.7 Å². The zero-order valence-electron chi connectivity index (χ0n) is 11.5. The molecule has 0 atom stereocenters. The van der Waals surface area contributed by atoms with Gasteiger partial charge in [0.15, 0.2) is 0 Å². The Kier molecular flexibility index (Phi) is 5.36. The lowest BCUT2D eigenvalue weighted by atomic mass is 10.1. The van der Waals surface area contributed by atoms with Gasteiger partial charge < -0.3 is 10.1 Å². The molecule has 0 aliphatic heterocycles. The summed E-state index contributed by atoms with van der Waals surface area (Å²) in [6.45, 7) is 1.06. The molecule has 0 radical (unpaired) electrons. The van der Waals surface area contributed by atoms with Crippen LogP contribution in [0.1, 0.15) is 21.9 Å². The number of hydrogen-bond donors (Lipinski definition) is 1. The molecule has 2 rings (SSSR count). The SMILES string of the molecule is CNCCCc1cnc(Cc2cccc(OC)c2)s1. The summed E-state index contributed by atoms with van der Waals surface area (Å²) >= 11 is 1.81. The van der Waals surface area contributed by atoms with Gasteiger partial charge in [0.2, 0.25) is 0 Å². The maximum absolute atomic E-state index is 5.24. The summed E-state index contributed by atoms with van der Waals surface area (Å²) < 4.78 is 5.24. The van der Waals surface area contributed by atoms with E-state index in [1.165, 1.54) is 15.4 Å². The summed E-state index contributed by atoms with van der Waals surface area (Å²) in [6.07, 6.45) is 5.16. The highest BCUT2D eigenvalue weighted by Crippen LogP contribution is 2.20. The number of methoxy groups -OCH3 is 1. The molecule has 0 saturated heterocycles. The topological polar surface area (TPSA) is 34.2 Å². The van der Waals surface area contributed by atoms with E-state index in [0.29, 0.717) is 0 Å². The molecule has 1 aromatic heterocycles. The van der Waals surface area contributed by atoms with E-state index < -0.39 is 0 Å². The first-order valence-corrected chi connectivity index (χ1v) is 7.34. The minimum atomic E-state index is 0.883. The van der Waals surface area contributed by atoms with Gasteiger partial charge in [0.1, 0.15) is 5.75 Å². The van der Waals surface area contributed by atoms with E-state index in [2.05, 4.69) is 22.4 Å². The summed E-state index contributed by atoms with van der Waals surface area (Å²) in [7, 11) is 3.68. The van der Waals surface area contributed by atoms with E-state index in [4.69, 9.17) is 4.74 Å². The van der Waals surface area contributed by atoms with Crippen molar-refractivity contribution in [2.45, 2.75) is 19.3 Å². The monoisotopic (exact) mass is 276 g/mol. The summed E-state index contributed by atoms with van der Waals surface area (Å²) in [4.78, 5) is 5.87. The molecule has 1 N–H and O–H groups in total. The summed E-state index contributed by atoms with van der Waals surface area (Å²) in [5, 5.41) is 4.34. The quantitative estimate of drug-likeness (QED) is 0.790. The molecule has 19 heavy (non-hydrogen) atoms. The average Bonchev–Trinajstić information content (AvgIpc) is 2.87. The van der Waals surface area contributed by atoms with Crippen LogP contribution in [0.3, 0.4) is 0 Å². The molecule has 2 aromatic rings. The lowest BCUT2D eigenvalue weighted by Crippen LogP contribution is -2.07. The maximum atomic E-state index is 5.24. The number of aryl methyl sites for hydroxylation is 1. The number of thiazole rings is 1. The molecule has 1 heterocycles. The van der Waals surface area contributed by atoms with Gasteiger partial charge in [-0.3, -0.25) is 0 Å². The average molecular weight is 276 g/mol. The fourth-order valence-electron chi connectivity index (χ4n) is 1.94. The van der Waals surface area contributed by atoms with E-state index in [9.17, 15) is 0 Å². The highest BCUT2D eigenvalue weighted by Gasteiger charge is 2.04. The van der Waals surface area contributed by atoms with Gasteiger partial charge >= 0.3 is 0 Å². The lowest BCUT2D eigenvalue weighted by Gasteiger charge is -2.02. The second-order valence-corrected chi connectivity index (χ2v) is 5.66. The Morgan fingerprint density at radius 3 is 3.05 bits per heavy atom. The van der Waals surface area contributed by atoms with Crippen LogP contribution < -0.4 is 10.1 Å². The Morgan fingerprint density at radius 2 is 2.26 bits per heavy atom.